The summed E-state index contributed by atoms with van der Waals surface area (Å²) in [6, 6.07) is 7.19. The molecule has 16 heavy (non-hydrogen) atoms. The first-order chi connectivity index (χ1) is 7.54. The molecule has 4 heteroatoms. The Balaban J connectivity index is 2.69. The fourth-order valence-corrected chi connectivity index (χ4v) is 1.29. The zero-order chi connectivity index (χ0) is 12.1. The molecule has 0 unspecified atom stereocenters. The van der Waals surface area contributed by atoms with Gasteiger partial charge in [-0.1, -0.05) is 6.07 Å². The Morgan fingerprint density at radius 3 is 2.50 bits per heavy atom. The molecule has 0 bridgehead atoms. The minimum atomic E-state index is -0.498. The number of benzene rings is 1. The van der Waals surface area contributed by atoms with E-state index in [4.69, 9.17) is 9.47 Å². The first-order valence-electron chi connectivity index (χ1n) is 5.06. The van der Waals surface area contributed by atoms with Gasteiger partial charge < -0.3 is 14.4 Å². The summed E-state index contributed by atoms with van der Waals surface area (Å²) < 4.78 is 10.6. The fourth-order valence-electron chi connectivity index (χ4n) is 1.29. The van der Waals surface area contributed by atoms with E-state index >= 15 is 0 Å². The molecule has 0 saturated carbocycles. The number of carbonyl (C=O) groups excluding carboxylic acids is 1. The second-order valence-corrected chi connectivity index (χ2v) is 3.67. The number of nitrogens with zero attached hydrogens (tertiary/aromatic N) is 1. The monoisotopic (exact) mass is 223 g/mol. The van der Waals surface area contributed by atoms with Crippen molar-refractivity contribution in [2.45, 2.75) is 13.0 Å². The highest BCUT2D eigenvalue weighted by Gasteiger charge is 2.16. The smallest absolute Gasteiger partial charge is 0.262 e. The van der Waals surface area contributed by atoms with E-state index in [2.05, 4.69) is 0 Å². The van der Waals surface area contributed by atoms with Gasteiger partial charge in [0, 0.05) is 20.2 Å². The van der Waals surface area contributed by atoms with Crippen LogP contribution < -0.4 is 9.47 Å². The molecule has 1 aromatic rings. The van der Waals surface area contributed by atoms with Gasteiger partial charge in [0.25, 0.3) is 5.91 Å². The van der Waals surface area contributed by atoms with Crippen molar-refractivity contribution < 1.29 is 14.3 Å². The molecular weight excluding hydrogens is 206 g/mol. The second-order valence-electron chi connectivity index (χ2n) is 3.67. The third-order valence-electron chi connectivity index (χ3n) is 2.14. The van der Waals surface area contributed by atoms with E-state index < -0.39 is 6.10 Å². The highest BCUT2D eigenvalue weighted by atomic mass is 16.5. The van der Waals surface area contributed by atoms with Crippen molar-refractivity contribution in [3.63, 3.8) is 0 Å². The molecular formula is C12H17NO3. The topological polar surface area (TPSA) is 38.8 Å². The molecule has 0 fully saturated rings. The second kappa shape index (κ2) is 5.39. The van der Waals surface area contributed by atoms with Crippen LogP contribution >= 0.6 is 0 Å². The summed E-state index contributed by atoms with van der Waals surface area (Å²) in [5.41, 5.74) is 0. The molecule has 0 aliphatic carbocycles. The Labute approximate surface area is 95.8 Å². The van der Waals surface area contributed by atoms with Crippen molar-refractivity contribution in [2.75, 3.05) is 21.2 Å². The molecule has 0 spiro atoms. The van der Waals surface area contributed by atoms with Gasteiger partial charge in [-0.15, -0.1) is 0 Å². The van der Waals surface area contributed by atoms with Crippen LogP contribution in [0.1, 0.15) is 6.92 Å². The van der Waals surface area contributed by atoms with Crippen LogP contribution in [0, 0.1) is 0 Å². The summed E-state index contributed by atoms with van der Waals surface area (Å²) >= 11 is 0. The van der Waals surface area contributed by atoms with Crippen molar-refractivity contribution >= 4 is 5.91 Å². The number of methoxy groups -OCH3 is 1. The highest BCUT2D eigenvalue weighted by Crippen LogP contribution is 2.20. The fraction of sp³-hybridized carbons (Fsp3) is 0.417. The molecule has 1 aromatic carbocycles. The average molecular weight is 223 g/mol. The van der Waals surface area contributed by atoms with Crippen LogP contribution in [0.4, 0.5) is 0 Å². The SMILES string of the molecule is COc1cccc(O[C@H](C)C(=O)N(C)C)c1. The van der Waals surface area contributed by atoms with E-state index in [-0.39, 0.29) is 5.91 Å². The lowest BCUT2D eigenvalue weighted by atomic mass is 10.3. The summed E-state index contributed by atoms with van der Waals surface area (Å²) in [5.74, 6) is 1.27. The Bertz CT molecular complexity index is 363. The lowest BCUT2D eigenvalue weighted by Crippen LogP contribution is -2.35. The molecule has 0 aliphatic heterocycles. The lowest BCUT2D eigenvalue weighted by molar-refractivity contribution is -0.135. The van der Waals surface area contributed by atoms with E-state index in [9.17, 15) is 4.79 Å². The quantitative estimate of drug-likeness (QED) is 0.777. The number of hydrogen-bond acceptors (Lipinski definition) is 3. The Hall–Kier alpha value is -1.71. The Kier molecular flexibility index (Phi) is 4.17. The normalized spacial score (nSPS) is 11.8. The van der Waals surface area contributed by atoms with Crippen LogP contribution in [0.25, 0.3) is 0 Å². The molecule has 0 N–H and O–H groups in total. The Morgan fingerprint density at radius 2 is 1.94 bits per heavy atom. The maximum absolute atomic E-state index is 11.6. The van der Waals surface area contributed by atoms with Crippen molar-refractivity contribution in [1.29, 1.82) is 0 Å². The number of likely N-dealkylation sites (N-methyl/N-ethyl adjacent to an activating group) is 1. The summed E-state index contributed by atoms with van der Waals surface area (Å²) in [6.45, 7) is 1.72. The van der Waals surface area contributed by atoms with Gasteiger partial charge in [0.15, 0.2) is 6.10 Å². The molecule has 0 saturated heterocycles. The predicted octanol–water partition coefficient (Wildman–Crippen LogP) is 1.55. The number of hydrogen-bond donors (Lipinski definition) is 0. The van der Waals surface area contributed by atoms with Crippen LogP contribution in [0.5, 0.6) is 11.5 Å². The first kappa shape index (κ1) is 12.4. The Morgan fingerprint density at radius 1 is 1.31 bits per heavy atom. The van der Waals surface area contributed by atoms with Gasteiger partial charge >= 0.3 is 0 Å². The molecule has 1 atom stereocenters. The zero-order valence-electron chi connectivity index (χ0n) is 10.1. The van der Waals surface area contributed by atoms with Crippen LogP contribution in [0.15, 0.2) is 24.3 Å². The predicted molar refractivity (Wildman–Crippen MR) is 61.8 cm³/mol. The number of carbonyl (C=O) groups is 1. The van der Waals surface area contributed by atoms with E-state index in [1.165, 1.54) is 4.90 Å². The lowest BCUT2D eigenvalue weighted by Gasteiger charge is -2.18. The third kappa shape index (κ3) is 3.15. The highest BCUT2D eigenvalue weighted by molar-refractivity contribution is 5.80. The van der Waals surface area contributed by atoms with E-state index in [1.807, 2.05) is 12.1 Å². The van der Waals surface area contributed by atoms with Crippen LogP contribution in [-0.2, 0) is 4.79 Å². The molecule has 1 rings (SSSR count). The molecule has 4 nitrogen and oxygen atoms in total. The summed E-state index contributed by atoms with van der Waals surface area (Å²) in [4.78, 5) is 13.1. The maximum Gasteiger partial charge on any atom is 0.262 e. The van der Waals surface area contributed by atoms with Crippen LogP contribution in [-0.4, -0.2) is 38.1 Å². The minimum absolute atomic E-state index is 0.0668. The summed E-state index contributed by atoms with van der Waals surface area (Å²) in [7, 11) is 5.00. The van der Waals surface area contributed by atoms with Gasteiger partial charge in [-0.2, -0.15) is 0 Å². The van der Waals surface area contributed by atoms with E-state index in [0.717, 1.165) is 0 Å². The molecule has 88 valence electrons. The van der Waals surface area contributed by atoms with Gasteiger partial charge in [-0.3, -0.25) is 4.79 Å². The number of ether oxygens (including phenoxy) is 2. The van der Waals surface area contributed by atoms with E-state index in [1.54, 1.807) is 40.3 Å². The van der Waals surface area contributed by atoms with Crippen LogP contribution in [0.3, 0.4) is 0 Å². The van der Waals surface area contributed by atoms with Crippen molar-refractivity contribution in [3.8, 4) is 11.5 Å². The largest absolute Gasteiger partial charge is 0.497 e. The van der Waals surface area contributed by atoms with Gasteiger partial charge in [-0.25, -0.2) is 0 Å². The number of rotatable bonds is 4. The summed E-state index contributed by atoms with van der Waals surface area (Å²) in [6.07, 6.45) is -0.498. The summed E-state index contributed by atoms with van der Waals surface area (Å²) in [5, 5.41) is 0. The molecule has 0 heterocycles. The molecule has 0 radical (unpaired) electrons. The van der Waals surface area contributed by atoms with Crippen molar-refractivity contribution in [3.05, 3.63) is 24.3 Å². The molecule has 0 aliphatic rings. The van der Waals surface area contributed by atoms with Crippen LogP contribution in [0.2, 0.25) is 0 Å². The molecule has 0 aromatic heterocycles. The first-order valence-corrected chi connectivity index (χ1v) is 5.06. The van der Waals surface area contributed by atoms with Gasteiger partial charge in [0.05, 0.1) is 7.11 Å². The molecule has 1 amide bonds. The zero-order valence-corrected chi connectivity index (χ0v) is 10.1. The van der Waals surface area contributed by atoms with Gasteiger partial charge in [0.1, 0.15) is 11.5 Å². The van der Waals surface area contributed by atoms with Gasteiger partial charge in [0.2, 0.25) is 0 Å². The minimum Gasteiger partial charge on any atom is -0.497 e. The van der Waals surface area contributed by atoms with Crippen molar-refractivity contribution in [2.24, 2.45) is 0 Å². The van der Waals surface area contributed by atoms with E-state index in [0.29, 0.717) is 11.5 Å². The average Bonchev–Trinajstić information content (AvgIpc) is 2.28. The maximum atomic E-state index is 11.6. The van der Waals surface area contributed by atoms with Gasteiger partial charge in [-0.05, 0) is 19.1 Å². The number of amides is 1. The standard InChI is InChI=1S/C12H17NO3/c1-9(12(14)13(2)3)16-11-7-5-6-10(8-11)15-4/h5-9H,1-4H3/t9-/m1/s1. The van der Waals surface area contributed by atoms with Crippen molar-refractivity contribution in [1.82, 2.24) is 4.90 Å². The third-order valence-corrected chi connectivity index (χ3v) is 2.14.